The fourth-order valence-corrected chi connectivity index (χ4v) is 0. The van der Waals surface area contributed by atoms with Crippen LogP contribution in [0.2, 0.25) is 0 Å². The van der Waals surface area contributed by atoms with Crippen LogP contribution in [0.15, 0.2) is 0 Å². The molecule has 1 unspecified atom stereocenters. The van der Waals surface area contributed by atoms with Crippen LogP contribution in [0.5, 0.6) is 0 Å². The van der Waals surface area contributed by atoms with Gasteiger partial charge in [0.15, 0.2) is 0 Å². The molecule has 0 aliphatic heterocycles. The third-order valence-corrected chi connectivity index (χ3v) is 0. The Labute approximate surface area is 90.7 Å². The molecule has 0 heterocycles. The monoisotopic (exact) mass is 319 g/mol. The Morgan fingerprint density at radius 2 is 1.00 bits per heavy atom. The van der Waals surface area contributed by atoms with Crippen LogP contribution in [0.25, 0.3) is 0 Å². The molecule has 0 saturated heterocycles. The van der Waals surface area contributed by atoms with Gasteiger partial charge < -0.3 is 51.4 Å². The van der Waals surface area contributed by atoms with Gasteiger partial charge in [-0.1, -0.05) is 0 Å². The van der Waals surface area contributed by atoms with Gasteiger partial charge in [0.25, 0.3) is 0 Å². The van der Waals surface area contributed by atoms with E-state index in [1.54, 1.807) is 0 Å². The van der Waals surface area contributed by atoms with Crippen molar-refractivity contribution in [1.29, 1.82) is 0 Å². The third kappa shape index (κ3) is 8870. The summed E-state index contributed by atoms with van der Waals surface area (Å²) in [5, 5.41) is 0. The Kier molecular flexibility index (Phi) is 1930. The topological polar surface area (TPSA) is 328 Å². The second kappa shape index (κ2) is 140. The second-order valence-electron chi connectivity index (χ2n) is 0.238. The van der Waals surface area contributed by atoms with E-state index in [1.165, 1.54) is 0 Å². The average Bonchev–Trinajstić information content (AvgIpc) is 0.811. The van der Waals surface area contributed by atoms with Gasteiger partial charge >= 0.3 is 8.25 Å². The largest absolute Gasteiger partial charge is 0.870 e. The molecule has 1 atom stereocenters. The molecule has 0 rings (SSSR count). The molecule has 22 N–H and O–H groups in total. The molecular weight excluding hydrogens is 295 g/mol. The molecular formula is H22MoN4O7P+. The van der Waals surface area contributed by atoms with Crippen molar-refractivity contribution in [2.24, 2.45) is 0 Å². The molecule has 0 aliphatic carbocycles. The first-order valence-corrected chi connectivity index (χ1v) is 1.70. The summed E-state index contributed by atoms with van der Waals surface area (Å²) >= 11 is 0. The standard InChI is InChI=1S/Mo.4H3N.HO3P.4H2O/c;;;;;1-4(2)3;;;;/h;4*1H3;(H,1,2,3);4*1H2/p+1. The maximum Gasteiger partial charge on any atom is 0.485 e. The minimum Gasteiger partial charge on any atom is -0.870 e. The molecule has 0 spiro atoms. The molecule has 0 aromatic heterocycles. The Hall–Kier alpha value is 0.388. The molecule has 13 heavy (non-hydrogen) atoms. The molecule has 0 aromatic rings. The molecule has 0 aliphatic rings. The zero-order chi connectivity index (χ0) is 3.58. The Morgan fingerprint density at radius 1 is 1.00 bits per heavy atom. The molecule has 0 aromatic carbocycles. The minimum atomic E-state index is -3.12. The van der Waals surface area contributed by atoms with Crippen molar-refractivity contribution < 1.29 is 57.3 Å². The number of rotatable bonds is 0. The first-order chi connectivity index (χ1) is 1.73. The first kappa shape index (κ1) is 179. The van der Waals surface area contributed by atoms with Crippen molar-refractivity contribution in [3.63, 3.8) is 0 Å². The van der Waals surface area contributed by atoms with E-state index in [0.29, 0.717) is 0 Å². The van der Waals surface area contributed by atoms with E-state index in [1.807, 2.05) is 0 Å². The normalized spacial score (nSPS) is 3.38. The van der Waals surface area contributed by atoms with E-state index >= 15 is 0 Å². The van der Waals surface area contributed by atoms with E-state index in [4.69, 9.17) is 14.4 Å². The van der Waals surface area contributed by atoms with Gasteiger partial charge in [0.05, 0.1) is 0 Å². The summed E-state index contributed by atoms with van der Waals surface area (Å²) in [6.45, 7) is 0. The van der Waals surface area contributed by atoms with Crippen LogP contribution in [-0.4, -0.2) is 26.8 Å². The molecule has 0 bridgehead atoms. The predicted molar refractivity (Wildman–Crippen MR) is 43.9 cm³/mol. The number of hydrogen-bond acceptors (Lipinski definition) is 5. The zero-order valence-electron chi connectivity index (χ0n) is 7.72. The van der Waals surface area contributed by atoms with Crippen molar-refractivity contribution in [1.82, 2.24) is 24.6 Å². The van der Waals surface area contributed by atoms with Crippen LogP contribution in [0, 0.1) is 0 Å². The van der Waals surface area contributed by atoms with Crippen molar-refractivity contribution in [2.75, 3.05) is 0 Å². The summed E-state index contributed by atoms with van der Waals surface area (Å²) in [6, 6.07) is 0. The summed E-state index contributed by atoms with van der Waals surface area (Å²) in [5.41, 5.74) is 0. The average molecular weight is 317 g/mol. The molecule has 0 amide bonds. The predicted octanol–water partition coefficient (Wildman–Crippen LogP) is -1.72. The van der Waals surface area contributed by atoms with Gasteiger partial charge in [-0.3, -0.25) is 0 Å². The van der Waals surface area contributed by atoms with E-state index in [0.717, 1.165) is 0 Å². The summed E-state index contributed by atoms with van der Waals surface area (Å²) in [5.74, 6) is 0. The molecule has 13 heteroatoms. The van der Waals surface area contributed by atoms with Crippen LogP contribution >= 0.6 is 8.25 Å². The third-order valence-electron chi connectivity index (χ3n) is 0. The Morgan fingerprint density at radius 3 is 1.00 bits per heavy atom. The van der Waals surface area contributed by atoms with Gasteiger partial charge in [0.2, 0.25) is 0 Å². The van der Waals surface area contributed by atoms with E-state index in [9.17, 15) is 0 Å². The summed E-state index contributed by atoms with van der Waals surface area (Å²) in [7, 11) is -3.12. The van der Waals surface area contributed by atoms with Gasteiger partial charge in [-0.2, -0.15) is 4.89 Å². The number of hydrogen-bond donors (Lipinski definition) is 5. The van der Waals surface area contributed by atoms with Gasteiger partial charge in [0, 0.05) is 21.1 Å². The van der Waals surface area contributed by atoms with E-state index in [-0.39, 0.29) is 67.6 Å². The van der Waals surface area contributed by atoms with E-state index < -0.39 is 8.25 Å². The molecule has 0 fully saturated rings. The Bertz CT molecular complexity index is 43.5. The fraction of sp³-hybridized carbons (Fsp3) is 0. The first-order valence-electron chi connectivity index (χ1n) is 0.565. The van der Waals surface area contributed by atoms with Crippen molar-refractivity contribution in [3.8, 4) is 0 Å². The van der Waals surface area contributed by atoms with Crippen LogP contribution in [0.3, 0.4) is 0 Å². The van der Waals surface area contributed by atoms with Crippen LogP contribution in [-0.2, 0) is 25.6 Å². The van der Waals surface area contributed by atoms with Crippen molar-refractivity contribution in [2.45, 2.75) is 0 Å². The summed E-state index contributed by atoms with van der Waals surface area (Å²) in [6.07, 6.45) is 0. The molecule has 0 radical (unpaired) electrons. The van der Waals surface area contributed by atoms with Crippen LogP contribution in [0.1, 0.15) is 0 Å². The van der Waals surface area contributed by atoms with Crippen molar-refractivity contribution >= 4 is 8.25 Å². The van der Waals surface area contributed by atoms with Crippen molar-refractivity contribution in [3.05, 3.63) is 0 Å². The maximum atomic E-state index is 8.59. The van der Waals surface area contributed by atoms with Crippen LogP contribution in [0.4, 0.5) is 0 Å². The van der Waals surface area contributed by atoms with E-state index in [2.05, 4.69) is 0 Å². The van der Waals surface area contributed by atoms with Gasteiger partial charge in [-0.15, -0.1) is 0 Å². The quantitative estimate of drug-likeness (QED) is 0.255. The molecule has 0 saturated carbocycles. The molecule has 94 valence electrons. The van der Waals surface area contributed by atoms with Gasteiger partial charge in [0.1, 0.15) is 0 Å². The van der Waals surface area contributed by atoms with Gasteiger partial charge in [-0.05, 0) is 4.57 Å². The summed E-state index contributed by atoms with van der Waals surface area (Å²) in [4.78, 5) is 15.6. The zero-order valence-corrected chi connectivity index (χ0v) is 10.6. The second-order valence-corrected chi connectivity index (χ2v) is 0.714. The number of quaternary nitrogens is 3. The maximum absolute atomic E-state index is 8.59. The Balaban J connectivity index is -0.00000000125. The summed E-state index contributed by atoms with van der Waals surface area (Å²) < 4.78 is 8.59. The van der Waals surface area contributed by atoms with Gasteiger partial charge in [-0.25, -0.2) is 0 Å². The van der Waals surface area contributed by atoms with Crippen LogP contribution < -0.4 is 29.5 Å². The smallest absolute Gasteiger partial charge is 0.485 e. The molecule has 11 nitrogen and oxygen atoms in total. The fourth-order valence-electron chi connectivity index (χ4n) is 0. The SMILES string of the molecule is N.O.O.O=[P+]([O-])O.[Mo].[NH4+].[NH4+].[NH4+].[OH-].[OH-]. The minimum absolute atomic E-state index is 0.